The van der Waals surface area contributed by atoms with Gasteiger partial charge in [-0.1, -0.05) is 18.2 Å². The number of pyridine rings is 1. The maximum absolute atomic E-state index is 13.3. The Morgan fingerprint density at radius 1 is 1.29 bits per heavy atom. The van der Waals surface area contributed by atoms with Crippen LogP contribution < -0.4 is 0 Å². The van der Waals surface area contributed by atoms with Crippen LogP contribution in [0.5, 0.6) is 0 Å². The minimum atomic E-state index is -0.291. The van der Waals surface area contributed by atoms with Gasteiger partial charge in [-0.3, -0.25) is 4.98 Å². The molecule has 2 aromatic rings. The molecule has 1 aromatic heterocycles. The van der Waals surface area contributed by atoms with Gasteiger partial charge >= 0.3 is 0 Å². The normalized spacial score (nSPS) is 10.7. The number of benzene rings is 1. The molecule has 0 radical (unpaired) electrons. The van der Waals surface area contributed by atoms with E-state index in [0.717, 1.165) is 10.9 Å². The van der Waals surface area contributed by atoms with Crippen LogP contribution in [0.2, 0.25) is 0 Å². The van der Waals surface area contributed by atoms with E-state index < -0.39 is 0 Å². The third kappa shape index (κ3) is 1.46. The number of ether oxygens (including phenoxy) is 1. The molecule has 0 spiro atoms. The maximum Gasteiger partial charge on any atom is 0.149 e. The highest BCUT2D eigenvalue weighted by molar-refractivity contribution is 5.85. The molecule has 0 aliphatic rings. The van der Waals surface area contributed by atoms with Gasteiger partial charge in [-0.05, 0) is 5.56 Å². The van der Waals surface area contributed by atoms with Crippen molar-refractivity contribution in [1.82, 2.24) is 4.98 Å². The lowest BCUT2D eigenvalue weighted by Crippen LogP contribution is -1.91. The summed E-state index contributed by atoms with van der Waals surface area (Å²) in [6.45, 7) is 0.475. The van der Waals surface area contributed by atoms with Crippen molar-refractivity contribution in [3.05, 3.63) is 42.0 Å². The summed E-state index contributed by atoms with van der Waals surface area (Å²) in [5.41, 5.74) is 0.956. The zero-order valence-electron chi connectivity index (χ0n) is 7.83. The summed E-state index contributed by atoms with van der Waals surface area (Å²) in [6.07, 6.45) is 2.88. The molecule has 0 unspecified atom stereocenters. The van der Waals surface area contributed by atoms with E-state index in [0.29, 0.717) is 12.0 Å². The molecule has 14 heavy (non-hydrogen) atoms. The second-order valence-electron chi connectivity index (χ2n) is 3.07. The summed E-state index contributed by atoms with van der Waals surface area (Å²) >= 11 is 0. The number of aromatic nitrogens is 1. The molecule has 3 heteroatoms. The third-order valence-electron chi connectivity index (χ3n) is 2.15. The molecule has 0 saturated heterocycles. The molecule has 0 aliphatic carbocycles. The lowest BCUT2D eigenvalue weighted by molar-refractivity contribution is 0.186. The summed E-state index contributed by atoms with van der Waals surface area (Å²) in [5, 5.41) is 1.41. The number of methoxy groups -OCH3 is 1. The number of nitrogens with zero attached hydrogens (tertiary/aromatic N) is 1. The summed E-state index contributed by atoms with van der Waals surface area (Å²) in [6, 6.07) is 5.47. The van der Waals surface area contributed by atoms with Crippen molar-refractivity contribution in [2.45, 2.75) is 6.61 Å². The Bertz CT molecular complexity index is 456. The molecule has 1 aromatic carbocycles. The maximum atomic E-state index is 13.3. The highest BCUT2D eigenvalue weighted by atomic mass is 19.1. The topological polar surface area (TPSA) is 22.1 Å². The zero-order chi connectivity index (χ0) is 9.97. The summed E-state index contributed by atoms with van der Waals surface area (Å²) in [5.74, 6) is -0.291. The molecule has 1 heterocycles. The number of rotatable bonds is 2. The highest BCUT2D eigenvalue weighted by Crippen LogP contribution is 2.20. The Morgan fingerprint density at radius 3 is 2.93 bits per heavy atom. The smallest absolute Gasteiger partial charge is 0.149 e. The van der Waals surface area contributed by atoms with E-state index in [1.54, 1.807) is 19.4 Å². The van der Waals surface area contributed by atoms with Crippen LogP contribution in [-0.4, -0.2) is 12.1 Å². The van der Waals surface area contributed by atoms with Crippen molar-refractivity contribution in [1.29, 1.82) is 0 Å². The van der Waals surface area contributed by atoms with Gasteiger partial charge in [-0.15, -0.1) is 0 Å². The SMILES string of the molecule is COCc1cccc2c(F)cncc12. The van der Waals surface area contributed by atoms with E-state index in [1.807, 2.05) is 12.1 Å². The van der Waals surface area contributed by atoms with E-state index in [2.05, 4.69) is 4.98 Å². The molecule has 0 fully saturated rings. The Labute approximate surface area is 81.3 Å². The van der Waals surface area contributed by atoms with Crippen molar-refractivity contribution in [2.24, 2.45) is 0 Å². The predicted octanol–water partition coefficient (Wildman–Crippen LogP) is 2.52. The Kier molecular flexibility index (Phi) is 2.41. The standard InChI is InChI=1S/C11H10FNO/c1-14-7-8-3-2-4-9-10(8)5-13-6-11(9)12/h2-6H,7H2,1H3. The van der Waals surface area contributed by atoms with E-state index in [1.165, 1.54) is 6.20 Å². The van der Waals surface area contributed by atoms with Crippen LogP contribution in [0.15, 0.2) is 30.6 Å². The number of hydrogen-bond acceptors (Lipinski definition) is 2. The minimum Gasteiger partial charge on any atom is -0.380 e. The van der Waals surface area contributed by atoms with Crippen LogP contribution in [0.25, 0.3) is 10.8 Å². The molecule has 0 bridgehead atoms. The molecular weight excluding hydrogens is 181 g/mol. The first kappa shape index (κ1) is 9.09. The zero-order valence-corrected chi connectivity index (χ0v) is 7.83. The fraction of sp³-hybridized carbons (Fsp3) is 0.182. The fourth-order valence-electron chi connectivity index (χ4n) is 1.50. The van der Waals surface area contributed by atoms with Gasteiger partial charge in [-0.2, -0.15) is 0 Å². The third-order valence-corrected chi connectivity index (χ3v) is 2.15. The molecule has 2 rings (SSSR count). The average Bonchev–Trinajstić information content (AvgIpc) is 2.20. The summed E-state index contributed by atoms with van der Waals surface area (Å²) < 4.78 is 18.3. The van der Waals surface area contributed by atoms with E-state index in [9.17, 15) is 4.39 Å². The number of fused-ring (bicyclic) bond motifs is 1. The molecule has 2 nitrogen and oxygen atoms in total. The van der Waals surface area contributed by atoms with Gasteiger partial charge in [0, 0.05) is 24.1 Å². The molecule has 0 aliphatic heterocycles. The van der Waals surface area contributed by atoms with Crippen LogP contribution in [0.3, 0.4) is 0 Å². The van der Waals surface area contributed by atoms with Crippen LogP contribution in [0.4, 0.5) is 4.39 Å². The van der Waals surface area contributed by atoms with Gasteiger partial charge in [0.15, 0.2) is 0 Å². The van der Waals surface area contributed by atoms with E-state index in [-0.39, 0.29) is 5.82 Å². The van der Waals surface area contributed by atoms with Crippen molar-refractivity contribution in [3.8, 4) is 0 Å². The molecule has 0 atom stereocenters. The largest absolute Gasteiger partial charge is 0.380 e. The first-order chi connectivity index (χ1) is 6.83. The van der Waals surface area contributed by atoms with E-state index in [4.69, 9.17) is 4.74 Å². The lowest BCUT2D eigenvalue weighted by atomic mass is 10.1. The van der Waals surface area contributed by atoms with Crippen LogP contribution in [0, 0.1) is 5.82 Å². The molecule has 0 N–H and O–H groups in total. The van der Waals surface area contributed by atoms with Gasteiger partial charge < -0.3 is 4.74 Å². The van der Waals surface area contributed by atoms with Crippen LogP contribution >= 0.6 is 0 Å². The van der Waals surface area contributed by atoms with Crippen molar-refractivity contribution < 1.29 is 9.13 Å². The van der Waals surface area contributed by atoms with Gasteiger partial charge in [0.05, 0.1) is 12.8 Å². The summed E-state index contributed by atoms with van der Waals surface area (Å²) in [4.78, 5) is 3.82. The van der Waals surface area contributed by atoms with Gasteiger partial charge in [0.2, 0.25) is 0 Å². The Balaban J connectivity index is 2.68. The first-order valence-electron chi connectivity index (χ1n) is 4.33. The number of hydrogen-bond donors (Lipinski definition) is 0. The van der Waals surface area contributed by atoms with Crippen molar-refractivity contribution in [2.75, 3.05) is 7.11 Å². The predicted molar refractivity (Wildman–Crippen MR) is 52.4 cm³/mol. The quantitative estimate of drug-likeness (QED) is 0.727. The van der Waals surface area contributed by atoms with Crippen LogP contribution in [0.1, 0.15) is 5.56 Å². The highest BCUT2D eigenvalue weighted by Gasteiger charge is 2.04. The first-order valence-corrected chi connectivity index (χ1v) is 4.33. The molecule has 0 saturated carbocycles. The summed E-state index contributed by atoms with van der Waals surface area (Å²) in [7, 11) is 1.62. The Morgan fingerprint density at radius 2 is 2.14 bits per heavy atom. The van der Waals surface area contributed by atoms with Gasteiger partial charge in [0.25, 0.3) is 0 Å². The number of halogens is 1. The van der Waals surface area contributed by atoms with Crippen molar-refractivity contribution >= 4 is 10.8 Å². The molecule has 0 amide bonds. The second-order valence-corrected chi connectivity index (χ2v) is 3.07. The fourth-order valence-corrected chi connectivity index (χ4v) is 1.50. The van der Waals surface area contributed by atoms with Crippen molar-refractivity contribution in [3.63, 3.8) is 0 Å². The van der Waals surface area contributed by atoms with Gasteiger partial charge in [0.1, 0.15) is 5.82 Å². The van der Waals surface area contributed by atoms with Crippen LogP contribution in [-0.2, 0) is 11.3 Å². The monoisotopic (exact) mass is 191 g/mol. The molecular formula is C11H10FNO. The van der Waals surface area contributed by atoms with E-state index >= 15 is 0 Å². The Hall–Kier alpha value is -1.48. The minimum absolute atomic E-state index is 0.291. The lowest BCUT2D eigenvalue weighted by Gasteiger charge is -2.04. The second kappa shape index (κ2) is 3.72. The molecule has 72 valence electrons. The van der Waals surface area contributed by atoms with Gasteiger partial charge in [-0.25, -0.2) is 4.39 Å². The average molecular weight is 191 g/mol.